The molecular formula is C28H33ClN8O4. The molecule has 0 saturated carbocycles. The van der Waals surface area contributed by atoms with Crippen molar-refractivity contribution in [1.29, 1.82) is 10.8 Å². The van der Waals surface area contributed by atoms with Crippen LogP contribution in [0.15, 0.2) is 42.5 Å². The molecule has 13 heteroatoms. The zero-order chi connectivity index (χ0) is 29.1. The van der Waals surface area contributed by atoms with Crippen LogP contribution in [0.5, 0.6) is 5.75 Å². The summed E-state index contributed by atoms with van der Waals surface area (Å²) in [6.07, 6.45) is -0.363. The minimum absolute atomic E-state index is 0.000199. The standard InChI is InChI=1S/C28H33ClN8O4/c1-27(2)10-11-41-20-15(7-5-8-16(20)27)24(40)33-19-13-37-26(31)34-18(21-28(37,22(19)38)36-25(30)35-21)12-32-23(39)14-6-3-4-9-17(14)29/h3-9,18-19,21-22,38H,10-13H2,1-2H3,(H2,31,34)(H,32,39)(H,33,40)(H3,30,35,36)/t18-,19?,21?,22+,28?/m0/s1. The van der Waals surface area contributed by atoms with Crippen LogP contribution >= 0.6 is 11.6 Å². The molecule has 0 aromatic heterocycles. The molecule has 6 rings (SSSR count). The van der Waals surface area contributed by atoms with Gasteiger partial charge in [-0.1, -0.05) is 49.7 Å². The first-order chi connectivity index (χ1) is 19.5. The number of aliphatic hydroxyl groups excluding tert-OH is 1. The van der Waals surface area contributed by atoms with Crippen LogP contribution in [0.2, 0.25) is 5.02 Å². The molecule has 8 N–H and O–H groups in total. The van der Waals surface area contributed by atoms with Crippen molar-refractivity contribution < 1.29 is 19.4 Å². The van der Waals surface area contributed by atoms with Crippen LogP contribution in [-0.4, -0.2) is 83.3 Å². The summed E-state index contributed by atoms with van der Waals surface area (Å²) in [5, 5.41) is 44.1. The van der Waals surface area contributed by atoms with Crippen molar-refractivity contribution in [1.82, 2.24) is 31.5 Å². The Morgan fingerprint density at radius 2 is 1.88 bits per heavy atom. The van der Waals surface area contributed by atoms with E-state index < -0.39 is 29.9 Å². The number of para-hydroxylation sites is 1. The predicted octanol–water partition coefficient (Wildman–Crippen LogP) is 0.704. The van der Waals surface area contributed by atoms with Crippen molar-refractivity contribution >= 4 is 35.3 Å². The summed E-state index contributed by atoms with van der Waals surface area (Å²) in [6, 6.07) is 10.2. The van der Waals surface area contributed by atoms with Gasteiger partial charge in [0.05, 0.1) is 40.9 Å². The van der Waals surface area contributed by atoms with Gasteiger partial charge in [-0.3, -0.25) is 20.4 Å². The molecule has 0 radical (unpaired) electrons. The fourth-order valence-corrected chi connectivity index (χ4v) is 6.66. The second kappa shape index (κ2) is 9.81. The van der Waals surface area contributed by atoms with Gasteiger partial charge in [0, 0.05) is 18.7 Å². The zero-order valence-electron chi connectivity index (χ0n) is 22.7. The predicted molar refractivity (Wildman–Crippen MR) is 152 cm³/mol. The Hall–Kier alpha value is -4.03. The average Bonchev–Trinajstić information content (AvgIpc) is 3.43. The highest BCUT2D eigenvalue weighted by Crippen LogP contribution is 2.41. The smallest absolute Gasteiger partial charge is 0.255 e. The number of guanidine groups is 2. The third kappa shape index (κ3) is 4.32. The maximum atomic E-state index is 13.5. The Morgan fingerprint density at radius 3 is 2.66 bits per heavy atom. The normalized spacial score (nSPS) is 29.1. The number of carbonyl (C=O) groups excluding carboxylic acids is 2. The number of hydrogen-bond acceptors (Lipinski definition) is 6. The van der Waals surface area contributed by atoms with E-state index in [1.54, 1.807) is 35.2 Å². The summed E-state index contributed by atoms with van der Waals surface area (Å²) in [6.45, 7) is 4.95. The molecule has 2 aromatic carbocycles. The van der Waals surface area contributed by atoms with Crippen molar-refractivity contribution in [3.8, 4) is 5.75 Å². The Labute approximate surface area is 242 Å². The maximum Gasteiger partial charge on any atom is 0.255 e. The largest absolute Gasteiger partial charge is 0.492 e. The van der Waals surface area contributed by atoms with Gasteiger partial charge in [0.1, 0.15) is 11.9 Å². The highest BCUT2D eigenvalue weighted by Gasteiger charge is 2.66. The lowest BCUT2D eigenvalue weighted by atomic mass is 9.79. The molecule has 2 aromatic rings. The van der Waals surface area contributed by atoms with Gasteiger partial charge in [-0.25, -0.2) is 0 Å². The van der Waals surface area contributed by atoms with E-state index in [9.17, 15) is 14.7 Å². The fourth-order valence-electron chi connectivity index (χ4n) is 6.44. The summed E-state index contributed by atoms with van der Waals surface area (Å²) >= 11 is 6.17. The first-order valence-corrected chi connectivity index (χ1v) is 13.9. The van der Waals surface area contributed by atoms with Gasteiger partial charge in [-0.15, -0.1) is 0 Å². The van der Waals surface area contributed by atoms with Crippen LogP contribution in [0.3, 0.4) is 0 Å². The Balaban J connectivity index is 1.23. The molecule has 0 aliphatic carbocycles. The van der Waals surface area contributed by atoms with E-state index in [4.69, 9.17) is 27.2 Å². The monoisotopic (exact) mass is 580 g/mol. The number of nitrogens with zero attached hydrogens (tertiary/aromatic N) is 1. The summed E-state index contributed by atoms with van der Waals surface area (Å²) in [4.78, 5) is 28.0. The van der Waals surface area contributed by atoms with Crippen LogP contribution in [0, 0.1) is 10.8 Å². The van der Waals surface area contributed by atoms with Crippen molar-refractivity contribution in [3.63, 3.8) is 0 Å². The third-order valence-electron chi connectivity index (χ3n) is 8.63. The Kier molecular flexibility index (Phi) is 6.50. The van der Waals surface area contributed by atoms with Gasteiger partial charge < -0.3 is 41.3 Å². The third-order valence-corrected chi connectivity index (χ3v) is 8.96. The molecule has 0 bridgehead atoms. The molecule has 4 aliphatic heterocycles. The van der Waals surface area contributed by atoms with Crippen LogP contribution in [0.4, 0.5) is 0 Å². The van der Waals surface area contributed by atoms with Gasteiger partial charge in [0.15, 0.2) is 17.6 Å². The topological polar surface area (TPSA) is 175 Å². The number of halogens is 1. The Bertz CT molecular complexity index is 1450. The minimum atomic E-state index is -1.30. The molecule has 3 saturated heterocycles. The van der Waals surface area contributed by atoms with Crippen LogP contribution in [-0.2, 0) is 5.41 Å². The number of ether oxygens (including phenoxy) is 1. The molecular weight excluding hydrogens is 548 g/mol. The van der Waals surface area contributed by atoms with E-state index in [2.05, 4.69) is 40.4 Å². The molecule has 5 atom stereocenters. The number of nitrogens with one attached hydrogen (secondary N) is 7. The lowest BCUT2D eigenvalue weighted by Gasteiger charge is -2.49. The summed E-state index contributed by atoms with van der Waals surface area (Å²) in [5.41, 5.74) is 0.231. The summed E-state index contributed by atoms with van der Waals surface area (Å²) < 4.78 is 5.92. The molecule has 12 nitrogen and oxygen atoms in total. The number of rotatable bonds is 5. The highest BCUT2D eigenvalue weighted by molar-refractivity contribution is 6.33. The SMILES string of the molecule is CC1(C)CCOc2c(C(=O)NC3CN4C(=N)N[C@@H](CNC(=O)c5ccccc5Cl)C5NC(=N)NC54[C@@H]3O)cccc21. The van der Waals surface area contributed by atoms with Gasteiger partial charge in [0.2, 0.25) is 0 Å². The van der Waals surface area contributed by atoms with Crippen molar-refractivity contribution in [2.75, 3.05) is 19.7 Å². The summed E-state index contributed by atoms with van der Waals surface area (Å²) in [7, 11) is 0. The molecule has 41 heavy (non-hydrogen) atoms. The van der Waals surface area contributed by atoms with Gasteiger partial charge in [0.25, 0.3) is 11.8 Å². The van der Waals surface area contributed by atoms with E-state index in [1.165, 1.54) is 0 Å². The molecule has 1 spiro atoms. The molecule has 4 aliphatic rings. The molecule has 4 heterocycles. The van der Waals surface area contributed by atoms with Gasteiger partial charge in [-0.05, 0) is 30.0 Å². The minimum Gasteiger partial charge on any atom is -0.492 e. The highest BCUT2D eigenvalue weighted by atomic mass is 35.5. The number of hydrogen-bond donors (Lipinski definition) is 8. The van der Waals surface area contributed by atoms with Crippen LogP contribution < -0.4 is 31.3 Å². The van der Waals surface area contributed by atoms with Crippen LogP contribution in [0.1, 0.15) is 46.5 Å². The number of fused-ring (bicyclic) bond motifs is 1. The van der Waals surface area contributed by atoms with E-state index >= 15 is 0 Å². The number of carbonyl (C=O) groups is 2. The van der Waals surface area contributed by atoms with E-state index in [1.807, 2.05) is 12.1 Å². The average molecular weight is 581 g/mol. The number of aliphatic hydroxyl groups is 1. The van der Waals surface area contributed by atoms with E-state index in [0.29, 0.717) is 28.5 Å². The number of benzene rings is 2. The molecule has 216 valence electrons. The Morgan fingerprint density at radius 1 is 1.12 bits per heavy atom. The van der Waals surface area contributed by atoms with E-state index in [0.717, 1.165) is 12.0 Å². The van der Waals surface area contributed by atoms with Crippen LogP contribution in [0.25, 0.3) is 0 Å². The number of amides is 2. The first kappa shape index (κ1) is 27.2. The maximum absolute atomic E-state index is 13.5. The quantitative estimate of drug-likeness (QED) is 0.255. The lowest BCUT2D eigenvalue weighted by molar-refractivity contribution is 0.00611. The zero-order valence-corrected chi connectivity index (χ0v) is 23.4. The first-order valence-electron chi connectivity index (χ1n) is 13.6. The second-order valence-electron chi connectivity index (χ2n) is 11.5. The fraction of sp³-hybridized carbons (Fsp3) is 0.429. The molecule has 2 amide bonds. The van der Waals surface area contributed by atoms with Gasteiger partial charge >= 0.3 is 0 Å². The lowest BCUT2D eigenvalue weighted by Crippen LogP contribution is -2.78. The van der Waals surface area contributed by atoms with Crippen molar-refractivity contribution in [3.05, 3.63) is 64.2 Å². The summed E-state index contributed by atoms with van der Waals surface area (Å²) in [5.74, 6) is -0.248. The molecule has 3 unspecified atom stereocenters. The second-order valence-corrected chi connectivity index (χ2v) is 11.9. The van der Waals surface area contributed by atoms with Crippen molar-refractivity contribution in [2.45, 2.75) is 55.6 Å². The molecule has 3 fully saturated rings. The van der Waals surface area contributed by atoms with Gasteiger partial charge in [-0.2, -0.15) is 0 Å². The van der Waals surface area contributed by atoms with Crippen molar-refractivity contribution in [2.24, 2.45) is 0 Å². The van der Waals surface area contributed by atoms with E-state index in [-0.39, 0.29) is 42.2 Å².